The topological polar surface area (TPSA) is 46.6 Å². The lowest BCUT2D eigenvalue weighted by molar-refractivity contribution is 0.0916. The molecular formula is C8H17NO3S. The van der Waals surface area contributed by atoms with Crippen LogP contribution in [0.1, 0.15) is 19.3 Å². The van der Waals surface area contributed by atoms with Crippen LogP contribution in [-0.2, 0) is 14.8 Å². The summed E-state index contributed by atoms with van der Waals surface area (Å²) in [7, 11) is -1.32. The number of rotatable bonds is 2. The van der Waals surface area contributed by atoms with Crippen LogP contribution in [0.4, 0.5) is 0 Å². The summed E-state index contributed by atoms with van der Waals surface area (Å²) in [6.45, 7) is 1.23. The van der Waals surface area contributed by atoms with Crippen LogP contribution in [0.3, 0.4) is 0 Å². The molecular weight excluding hydrogens is 190 g/mol. The predicted octanol–water partition coefficient (Wildman–Crippen LogP) is 0.447. The van der Waals surface area contributed by atoms with Crippen LogP contribution in [0.2, 0.25) is 0 Å². The average Bonchev–Trinajstić information content (AvgIpc) is 2.26. The van der Waals surface area contributed by atoms with Crippen molar-refractivity contribution in [2.24, 2.45) is 0 Å². The number of hydrogen-bond acceptors (Lipinski definition) is 3. The molecule has 1 aliphatic rings. The lowest BCUT2D eigenvalue weighted by Crippen LogP contribution is -2.31. The molecule has 1 heterocycles. The minimum absolute atomic E-state index is 0.228. The molecule has 78 valence electrons. The first-order valence-corrected chi connectivity index (χ1v) is 6.37. The average molecular weight is 207 g/mol. The first-order chi connectivity index (χ1) is 6.04. The molecule has 1 rings (SSSR count). The molecule has 0 radical (unpaired) electrons. The summed E-state index contributed by atoms with van der Waals surface area (Å²) in [5, 5.41) is 0. The Morgan fingerprint density at radius 2 is 2.00 bits per heavy atom. The fraction of sp³-hybridized carbons (Fsp3) is 1.00. The molecule has 1 unspecified atom stereocenters. The van der Waals surface area contributed by atoms with E-state index < -0.39 is 10.0 Å². The summed E-state index contributed by atoms with van der Waals surface area (Å²) in [6, 6.07) is 0. The Hall–Kier alpha value is -0.130. The van der Waals surface area contributed by atoms with Crippen molar-refractivity contribution < 1.29 is 13.2 Å². The monoisotopic (exact) mass is 207 g/mol. The lowest BCUT2D eigenvalue weighted by Gasteiger charge is -2.16. The van der Waals surface area contributed by atoms with Crippen molar-refractivity contribution in [3.63, 3.8) is 0 Å². The van der Waals surface area contributed by atoms with Gasteiger partial charge in [-0.2, -0.15) is 0 Å². The normalized spacial score (nSPS) is 27.1. The van der Waals surface area contributed by atoms with Crippen LogP contribution in [0.5, 0.6) is 0 Å². The van der Waals surface area contributed by atoms with Crippen molar-refractivity contribution in [3.05, 3.63) is 0 Å². The maximum Gasteiger partial charge on any atom is 0.211 e. The molecule has 0 aromatic rings. The van der Waals surface area contributed by atoms with Crippen LogP contribution in [0, 0.1) is 0 Å². The van der Waals surface area contributed by atoms with E-state index in [2.05, 4.69) is 0 Å². The van der Waals surface area contributed by atoms with Gasteiger partial charge in [0.05, 0.1) is 12.4 Å². The van der Waals surface area contributed by atoms with Crippen LogP contribution >= 0.6 is 0 Å². The lowest BCUT2D eigenvalue weighted by atomic mass is 10.2. The molecule has 1 fully saturated rings. The highest BCUT2D eigenvalue weighted by Crippen LogP contribution is 2.15. The van der Waals surface area contributed by atoms with E-state index in [0.29, 0.717) is 13.1 Å². The van der Waals surface area contributed by atoms with Gasteiger partial charge in [0, 0.05) is 20.2 Å². The van der Waals surface area contributed by atoms with Gasteiger partial charge >= 0.3 is 0 Å². The Balaban J connectivity index is 2.55. The van der Waals surface area contributed by atoms with Crippen molar-refractivity contribution in [1.82, 2.24) is 4.31 Å². The fourth-order valence-corrected chi connectivity index (χ4v) is 2.50. The molecule has 5 heteroatoms. The zero-order valence-corrected chi connectivity index (χ0v) is 9.01. The second-order valence-corrected chi connectivity index (χ2v) is 5.43. The second-order valence-electron chi connectivity index (χ2n) is 3.45. The van der Waals surface area contributed by atoms with Crippen molar-refractivity contribution in [3.8, 4) is 0 Å². The van der Waals surface area contributed by atoms with Gasteiger partial charge in [-0.1, -0.05) is 0 Å². The van der Waals surface area contributed by atoms with E-state index >= 15 is 0 Å². The zero-order chi connectivity index (χ0) is 9.90. The van der Waals surface area contributed by atoms with Gasteiger partial charge in [-0.05, 0) is 19.3 Å². The van der Waals surface area contributed by atoms with Gasteiger partial charge in [0.2, 0.25) is 10.0 Å². The maximum atomic E-state index is 11.2. The first kappa shape index (κ1) is 10.9. The van der Waals surface area contributed by atoms with Gasteiger partial charge in [-0.25, -0.2) is 12.7 Å². The van der Waals surface area contributed by atoms with Crippen LogP contribution in [0.25, 0.3) is 0 Å². The first-order valence-electron chi connectivity index (χ1n) is 4.52. The Labute approximate surface area is 79.9 Å². The molecule has 0 saturated carbocycles. The highest BCUT2D eigenvalue weighted by atomic mass is 32.2. The van der Waals surface area contributed by atoms with Crippen molar-refractivity contribution >= 4 is 10.0 Å². The van der Waals surface area contributed by atoms with Gasteiger partial charge in [-0.3, -0.25) is 0 Å². The standard InChI is InChI=1S/C8H17NO3S/c1-12-8-4-3-6-9(7-5-8)13(2,10)11/h8H,3-7H2,1-2H3. The van der Waals surface area contributed by atoms with Gasteiger partial charge in [-0.15, -0.1) is 0 Å². The third kappa shape index (κ3) is 3.25. The molecule has 0 aromatic carbocycles. The minimum Gasteiger partial charge on any atom is -0.381 e. The number of ether oxygens (including phenoxy) is 1. The zero-order valence-electron chi connectivity index (χ0n) is 8.19. The summed E-state index contributed by atoms with van der Waals surface area (Å²) in [5.74, 6) is 0. The highest BCUT2D eigenvalue weighted by molar-refractivity contribution is 7.88. The predicted molar refractivity (Wildman–Crippen MR) is 51.1 cm³/mol. The summed E-state index contributed by atoms with van der Waals surface area (Å²) >= 11 is 0. The van der Waals surface area contributed by atoms with E-state index in [-0.39, 0.29) is 6.10 Å². The summed E-state index contributed by atoms with van der Waals surface area (Å²) in [6.07, 6.45) is 4.16. The highest BCUT2D eigenvalue weighted by Gasteiger charge is 2.21. The van der Waals surface area contributed by atoms with E-state index in [1.54, 1.807) is 7.11 Å². The molecule has 13 heavy (non-hydrogen) atoms. The van der Waals surface area contributed by atoms with Crippen molar-refractivity contribution in [2.45, 2.75) is 25.4 Å². The summed E-state index contributed by atoms with van der Waals surface area (Å²) in [4.78, 5) is 0. The maximum absolute atomic E-state index is 11.2. The quantitative estimate of drug-likeness (QED) is 0.660. The fourth-order valence-electron chi connectivity index (χ4n) is 1.61. The van der Waals surface area contributed by atoms with Crippen LogP contribution in [-0.4, -0.2) is 45.3 Å². The van der Waals surface area contributed by atoms with E-state index in [0.717, 1.165) is 19.3 Å². The summed E-state index contributed by atoms with van der Waals surface area (Å²) < 4.78 is 29.2. The van der Waals surface area contributed by atoms with Crippen molar-refractivity contribution in [1.29, 1.82) is 0 Å². The van der Waals surface area contributed by atoms with Gasteiger partial charge in [0.1, 0.15) is 0 Å². The number of sulfonamides is 1. The van der Waals surface area contributed by atoms with Gasteiger partial charge in [0.15, 0.2) is 0 Å². The van der Waals surface area contributed by atoms with E-state index in [1.807, 2.05) is 0 Å². The Bertz CT molecular complexity index is 250. The molecule has 1 atom stereocenters. The van der Waals surface area contributed by atoms with Gasteiger partial charge in [0.25, 0.3) is 0 Å². The molecule has 4 nitrogen and oxygen atoms in total. The molecule has 1 aliphatic heterocycles. The molecule has 0 spiro atoms. The Morgan fingerprint density at radius 1 is 1.31 bits per heavy atom. The van der Waals surface area contributed by atoms with E-state index in [1.165, 1.54) is 10.6 Å². The summed E-state index contributed by atoms with van der Waals surface area (Å²) in [5.41, 5.74) is 0. The SMILES string of the molecule is COC1CCCN(S(C)(=O)=O)CC1. The van der Waals surface area contributed by atoms with Gasteiger partial charge < -0.3 is 4.74 Å². The molecule has 0 bridgehead atoms. The van der Waals surface area contributed by atoms with Crippen molar-refractivity contribution in [2.75, 3.05) is 26.5 Å². The minimum atomic E-state index is -3.00. The Morgan fingerprint density at radius 3 is 2.54 bits per heavy atom. The second kappa shape index (κ2) is 4.39. The molecule has 0 amide bonds. The third-order valence-corrected chi connectivity index (χ3v) is 3.74. The molecule has 0 aliphatic carbocycles. The molecule has 0 N–H and O–H groups in total. The number of nitrogens with zero attached hydrogens (tertiary/aromatic N) is 1. The van der Waals surface area contributed by atoms with Crippen LogP contribution < -0.4 is 0 Å². The Kier molecular flexibility index (Phi) is 3.70. The van der Waals surface area contributed by atoms with Crippen LogP contribution in [0.15, 0.2) is 0 Å². The smallest absolute Gasteiger partial charge is 0.211 e. The van der Waals surface area contributed by atoms with E-state index in [9.17, 15) is 8.42 Å². The van der Waals surface area contributed by atoms with E-state index in [4.69, 9.17) is 4.74 Å². The molecule has 0 aromatic heterocycles. The molecule has 1 saturated heterocycles. The largest absolute Gasteiger partial charge is 0.381 e. The number of hydrogen-bond donors (Lipinski definition) is 0. The third-order valence-electron chi connectivity index (χ3n) is 2.44. The number of methoxy groups -OCH3 is 1.